The van der Waals surface area contributed by atoms with E-state index in [-0.39, 0.29) is 17.2 Å². The van der Waals surface area contributed by atoms with Gasteiger partial charge in [-0.05, 0) is 24.3 Å². The smallest absolute Gasteiger partial charge is 0.261 e. The number of carbonyl (C=O) groups is 2. The molecule has 4 rings (SSSR count). The summed E-state index contributed by atoms with van der Waals surface area (Å²) >= 11 is 0. The fourth-order valence-corrected chi connectivity index (χ4v) is 2.97. The molecule has 0 aliphatic rings. The molecule has 0 fully saturated rings. The molecule has 2 heterocycles. The number of anilines is 2. The predicted molar refractivity (Wildman–Crippen MR) is 107 cm³/mol. The molecule has 2 N–H and O–H groups in total. The highest BCUT2D eigenvalue weighted by Crippen LogP contribution is 2.23. The Morgan fingerprint density at radius 2 is 1.83 bits per heavy atom. The van der Waals surface area contributed by atoms with Gasteiger partial charge in [0.1, 0.15) is 11.4 Å². The molecule has 0 saturated heterocycles. The third-order valence-corrected chi connectivity index (χ3v) is 4.25. The third kappa shape index (κ3) is 3.68. The van der Waals surface area contributed by atoms with E-state index in [1.807, 2.05) is 30.3 Å². The first-order chi connectivity index (χ1) is 14.0. The molecule has 2 amide bonds. The average molecular weight is 389 g/mol. The van der Waals surface area contributed by atoms with Gasteiger partial charge in [-0.1, -0.05) is 30.3 Å². The van der Waals surface area contributed by atoms with Gasteiger partial charge in [0.2, 0.25) is 5.91 Å². The van der Waals surface area contributed by atoms with Crippen LogP contribution in [0.25, 0.3) is 16.9 Å². The Kier molecular flexibility index (Phi) is 4.74. The first-order valence-corrected chi connectivity index (χ1v) is 8.79. The lowest BCUT2D eigenvalue weighted by atomic mass is 10.1. The summed E-state index contributed by atoms with van der Waals surface area (Å²) < 4.78 is 15.7. The van der Waals surface area contributed by atoms with Crippen molar-refractivity contribution in [2.75, 3.05) is 10.6 Å². The van der Waals surface area contributed by atoms with E-state index < -0.39 is 11.7 Å². The maximum absolute atomic E-state index is 14.1. The zero-order valence-corrected chi connectivity index (χ0v) is 15.4. The number of halogens is 1. The van der Waals surface area contributed by atoms with Gasteiger partial charge in [0.15, 0.2) is 5.65 Å². The minimum Gasteiger partial charge on any atom is -0.326 e. The molecule has 0 bridgehead atoms. The van der Waals surface area contributed by atoms with Crippen molar-refractivity contribution in [3.63, 3.8) is 0 Å². The zero-order chi connectivity index (χ0) is 20.4. The summed E-state index contributed by atoms with van der Waals surface area (Å²) in [4.78, 5) is 28.2. The van der Waals surface area contributed by atoms with Crippen LogP contribution < -0.4 is 10.6 Å². The summed E-state index contributed by atoms with van der Waals surface area (Å²) in [6, 6.07) is 15.3. The van der Waals surface area contributed by atoms with Crippen LogP contribution in [0, 0.1) is 5.82 Å². The van der Waals surface area contributed by atoms with Crippen LogP contribution in [0.15, 0.2) is 67.0 Å². The predicted octanol–water partition coefficient (Wildman–Crippen LogP) is 3.75. The van der Waals surface area contributed by atoms with Crippen molar-refractivity contribution in [2.45, 2.75) is 6.92 Å². The van der Waals surface area contributed by atoms with E-state index >= 15 is 0 Å². The van der Waals surface area contributed by atoms with E-state index in [9.17, 15) is 14.0 Å². The fourth-order valence-electron chi connectivity index (χ4n) is 2.97. The van der Waals surface area contributed by atoms with E-state index in [0.29, 0.717) is 11.3 Å². The molecule has 0 aliphatic carbocycles. The van der Waals surface area contributed by atoms with Crippen LogP contribution in [0.5, 0.6) is 0 Å². The van der Waals surface area contributed by atoms with E-state index in [1.165, 1.54) is 31.3 Å². The van der Waals surface area contributed by atoms with Crippen molar-refractivity contribution in [1.29, 1.82) is 0 Å². The van der Waals surface area contributed by atoms with Crippen LogP contribution >= 0.6 is 0 Å². The molecule has 0 unspecified atom stereocenters. The highest BCUT2D eigenvalue weighted by molar-refractivity contribution is 6.08. The number of carbonyl (C=O) groups excluding carboxylic acids is 2. The lowest BCUT2D eigenvalue weighted by molar-refractivity contribution is -0.114. The molecule has 8 heteroatoms. The van der Waals surface area contributed by atoms with Crippen molar-refractivity contribution >= 4 is 28.8 Å². The molecule has 0 atom stereocenters. The van der Waals surface area contributed by atoms with E-state index in [4.69, 9.17) is 0 Å². The molecule has 29 heavy (non-hydrogen) atoms. The number of rotatable bonds is 4. The summed E-state index contributed by atoms with van der Waals surface area (Å²) in [5.74, 6) is -1.48. The largest absolute Gasteiger partial charge is 0.326 e. The van der Waals surface area contributed by atoms with Crippen molar-refractivity contribution in [3.8, 4) is 11.3 Å². The Balaban J connectivity index is 1.68. The fraction of sp³-hybridized carbons (Fsp3) is 0.0476. The summed E-state index contributed by atoms with van der Waals surface area (Å²) in [6.45, 7) is 1.34. The van der Waals surface area contributed by atoms with Gasteiger partial charge in [-0.15, -0.1) is 0 Å². The third-order valence-electron chi connectivity index (χ3n) is 4.25. The number of benzene rings is 2. The Morgan fingerprint density at radius 3 is 2.59 bits per heavy atom. The van der Waals surface area contributed by atoms with Gasteiger partial charge < -0.3 is 10.6 Å². The SMILES string of the molecule is CC(=O)Nc1ccc(F)c(NC(=O)c2cnn3c(-c4ccccc4)ccnc23)c1. The quantitative estimate of drug-likeness (QED) is 0.556. The molecule has 0 aliphatic heterocycles. The van der Waals surface area contributed by atoms with Crippen LogP contribution in [0.4, 0.5) is 15.8 Å². The summed E-state index contributed by atoms with van der Waals surface area (Å²) in [5.41, 5.74) is 2.56. The first kappa shape index (κ1) is 18.3. The molecule has 2 aromatic heterocycles. The molecule has 0 saturated carbocycles. The molecular formula is C21H16FN5O2. The van der Waals surface area contributed by atoms with Crippen molar-refractivity contribution < 1.29 is 14.0 Å². The van der Waals surface area contributed by atoms with Gasteiger partial charge in [-0.25, -0.2) is 13.9 Å². The summed E-state index contributed by atoms with van der Waals surface area (Å²) in [7, 11) is 0. The maximum Gasteiger partial charge on any atom is 0.261 e. The Hall–Kier alpha value is -4.07. The standard InChI is InChI=1S/C21H16FN5O2/c1-13(28)25-15-7-8-17(22)18(11-15)26-21(29)16-12-24-27-19(9-10-23-20(16)27)14-5-3-2-4-6-14/h2-12H,1H3,(H,25,28)(H,26,29). The van der Waals surface area contributed by atoms with Crippen LogP contribution in [0.1, 0.15) is 17.3 Å². The number of amides is 2. The minimum absolute atomic E-state index is 0.0557. The zero-order valence-electron chi connectivity index (χ0n) is 15.4. The minimum atomic E-state index is -0.623. The average Bonchev–Trinajstić information content (AvgIpc) is 3.15. The monoisotopic (exact) mass is 389 g/mol. The maximum atomic E-state index is 14.1. The van der Waals surface area contributed by atoms with Gasteiger partial charge in [-0.3, -0.25) is 9.59 Å². The normalized spacial score (nSPS) is 10.7. The molecule has 0 spiro atoms. The topological polar surface area (TPSA) is 88.4 Å². The molecule has 7 nitrogen and oxygen atoms in total. The molecular weight excluding hydrogens is 373 g/mol. The van der Waals surface area contributed by atoms with Gasteiger partial charge in [0, 0.05) is 24.4 Å². The Bertz CT molecular complexity index is 1220. The van der Waals surface area contributed by atoms with Gasteiger partial charge in [0.05, 0.1) is 17.6 Å². The highest BCUT2D eigenvalue weighted by Gasteiger charge is 2.18. The van der Waals surface area contributed by atoms with Crippen LogP contribution in [0.2, 0.25) is 0 Å². The van der Waals surface area contributed by atoms with Gasteiger partial charge >= 0.3 is 0 Å². The Labute approximate surface area is 165 Å². The Morgan fingerprint density at radius 1 is 1.03 bits per heavy atom. The second-order valence-electron chi connectivity index (χ2n) is 6.32. The molecule has 0 radical (unpaired) electrons. The van der Waals surface area contributed by atoms with Gasteiger partial charge in [-0.2, -0.15) is 5.10 Å². The lowest BCUT2D eigenvalue weighted by Crippen LogP contribution is -2.14. The van der Waals surface area contributed by atoms with E-state index in [2.05, 4.69) is 20.7 Å². The second-order valence-corrected chi connectivity index (χ2v) is 6.32. The van der Waals surface area contributed by atoms with Gasteiger partial charge in [0.25, 0.3) is 5.91 Å². The van der Waals surface area contributed by atoms with Crippen LogP contribution in [0.3, 0.4) is 0 Å². The number of hydrogen-bond acceptors (Lipinski definition) is 4. The molecule has 4 aromatic rings. The number of nitrogens with zero attached hydrogens (tertiary/aromatic N) is 3. The van der Waals surface area contributed by atoms with Crippen LogP contribution in [-0.2, 0) is 4.79 Å². The number of fused-ring (bicyclic) bond motifs is 1. The number of hydrogen-bond donors (Lipinski definition) is 2. The molecule has 144 valence electrons. The van der Waals surface area contributed by atoms with Crippen molar-refractivity contribution in [3.05, 3.63) is 78.4 Å². The second kappa shape index (κ2) is 7.51. The number of nitrogens with one attached hydrogen (secondary N) is 2. The first-order valence-electron chi connectivity index (χ1n) is 8.79. The van der Waals surface area contributed by atoms with Crippen molar-refractivity contribution in [2.24, 2.45) is 0 Å². The summed E-state index contributed by atoms with van der Waals surface area (Å²) in [6.07, 6.45) is 2.98. The van der Waals surface area contributed by atoms with Crippen LogP contribution in [-0.4, -0.2) is 26.4 Å². The molecule has 2 aromatic carbocycles. The van der Waals surface area contributed by atoms with Crippen molar-refractivity contribution in [1.82, 2.24) is 14.6 Å². The lowest BCUT2D eigenvalue weighted by Gasteiger charge is -2.09. The van der Waals surface area contributed by atoms with E-state index in [1.54, 1.807) is 16.8 Å². The summed E-state index contributed by atoms with van der Waals surface area (Å²) in [5, 5.41) is 9.35. The van der Waals surface area contributed by atoms with E-state index in [0.717, 1.165) is 11.3 Å². The highest BCUT2D eigenvalue weighted by atomic mass is 19.1. The number of aromatic nitrogens is 3.